The topological polar surface area (TPSA) is 75.6 Å². The Morgan fingerprint density at radius 1 is 0.968 bits per heavy atom. The van der Waals surface area contributed by atoms with Crippen molar-refractivity contribution in [2.75, 3.05) is 16.3 Å². The van der Waals surface area contributed by atoms with E-state index in [-0.39, 0.29) is 17.3 Å². The van der Waals surface area contributed by atoms with Crippen LogP contribution in [0, 0.1) is 24.4 Å². The summed E-state index contributed by atoms with van der Waals surface area (Å²) in [5.41, 5.74) is 0.824. The van der Waals surface area contributed by atoms with Crippen LogP contribution in [-0.2, 0) is 0 Å². The van der Waals surface area contributed by atoms with E-state index in [0.717, 1.165) is 18.0 Å². The van der Waals surface area contributed by atoms with Gasteiger partial charge >= 0.3 is 0 Å². The maximum Gasteiger partial charge on any atom is 0.188 e. The fraction of sp³-hybridized carbons (Fsp3) is 0.100. The van der Waals surface area contributed by atoms with Crippen LogP contribution in [0.15, 0.2) is 52.9 Å². The molecule has 31 heavy (non-hydrogen) atoms. The van der Waals surface area contributed by atoms with Gasteiger partial charge < -0.3 is 10.0 Å². The molecule has 0 amide bonds. The third-order valence-corrected chi connectivity index (χ3v) is 5.91. The van der Waals surface area contributed by atoms with E-state index in [4.69, 9.17) is 0 Å². The molecule has 0 fully saturated rings. The van der Waals surface area contributed by atoms with Gasteiger partial charge in [0.1, 0.15) is 34.7 Å². The highest BCUT2D eigenvalue weighted by Gasteiger charge is 2.17. The van der Waals surface area contributed by atoms with Gasteiger partial charge in [-0.2, -0.15) is 0 Å². The van der Waals surface area contributed by atoms with Gasteiger partial charge in [0, 0.05) is 10.5 Å². The van der Waals surface area contributed by atoms with Crippen molar-refractivity contribution in [3.05, 3.63) is 65.9 Å². The molecule has 0 saturated carbocycles. The van der Waals surface area contributed by atoms with Crippen LogP contribution in [-0.4, -0.2) is 26.2 Å². The lowest BCUT2D eigenvalue weighted by atomic mass is 10.2. The zero-order valence-corrected chi connectivity index (χ0v) is 17.9. The molecule has 0 bridgehead atoms. The van der Waals surface area contributed by atoms with Crippen LogP contribution in [0.2, 0.25) is 0 Å². The van der Waals surface area contributed by atoms with Crippen LogP contribution in [0.3, 0.4) is 0 Å². The maximum absolute atomic E-state index is 15.1. The predicted octanol–water partition coefficient (Wildman–Crippen LogP) is 5.73. The number of hydrogen-bond acceptors (Lipinski definition) is 8. The summed E-state index contributed by atoms with van der Waals surface area (Å²) in [5, 5.41) is 3.16. The summed E-state index contributed by atoms with van der Waals surface area (Å²) in [6, 6.07) is 7.00. The van der Waals surface area contributed by atoms with Gasteiger partial charge in [0.2, 0.25) is 0 Å². The lowest BCUT2D eigenvalue weighted by molar-refractivity contribution is 0.593. The molecule has 11 heteroatoms. The summed E-state index contributed by atoms with van der Waals surface area (Å²) in [6.07, 6.45) is 4.58. The van der Waals surface area contributed by atoms with Crippen LogP contribution in [0.5, 0.6) is 0 Å². The van der Waals surface area contributed by atoms with Crippen molar-refractivity contribution < 1.29 is 13.2 Å². The lowest BCUT2D eigenvalue weighted by Gasteiger charge is -2.14. The van der Waals surface area contributed by atoms with Gasteiger partial charge in [0.25, 0.3) is 0 Å². The van der Waals surface area contributed by atoms with Gasteiger partial charge in [0.05, 0.1) is 11.9 Å². The number of thioether (sulfide) groups is 1. The Morgan fingerprint density at radius 3 is 2.61 bits per heavy atom. The summed E-state index contributed by atoms with van der Waals surface area (Å²) in [5.74, 6) is -1.88. The number of fused-ring (bicyclic) bond motifs is 1. The zero-order valence-electron chi connectivity index (χ0n) is 16.3. The molecule has 0 aliphatic carbocycles. The predicted molar refractivity (Wildman–Crippen MR) is 117 cm³/mol. The van der Waals surface area contributed by atoms with E-state index in [1.54, 1.807) is 19.1 Å². The number of hydrogen-bond donors (Lipinski definition) is 2. The van der Waals surface area contributed by atoms with Gasteiger partial charge in [-0.15, -0.1) is 0 Å². The monoisotopic (exact) mass is 460 g/mol. The van der Waals surface area contributed by atoms with Crippen molar-refractivity contribution in [3.8, 4) is 0 Å². The average Bonchev–Trinajstić information content (AvgIpc) is 2.78. The molecule has 4 aromatic rings. The Balaban J connectivity index is 1.65. The molecule has 0 aliphatic rings. The largest absolute Gasteiger partial charge is 0.333 e. The Bertz CT molecular complexity index is 1270. The highest BCUT2D eigenvalue weighted by atomic mass is 32.2. The highest BCUT2D eigenvalue weighted by Crippen LogP contribution is 2.33. The van der Waals surface area contributed by atoms with Crippen molar-refractivity contribution in [3.63, 3.8) is 0 Å². The van der Waals surface area contributed by atoms with E-state index in [1.807, 2.05) is 6.26 Å². The molecule has 4 rings (SSSR count). The number of nitrogens with one attached hydrogen (secondary N) is 2. The Morgan fingerprint density at radius 2 is 1.81 bits per heavy atom. The molecule has 158 valence electrons. The van der Waals surface area contributed by atoms with Gasteiger partial charge in [-0.25, -0.2) is 33.1 Å². The molecular formula is C20H15F3N6S2. The van der Waals surface area contributed by atoms with Gasteiger partial charge in [-0.1, -0.05) is 17.8 Å². The molecule has 2 heterocycles. The van der Waals surface area contributed by atoms with Crippen LogP contribution < -0.4 is 10.0 Å². The molecule has 0 aliphatic heterocycles. The number of halogens is 3. The molecule has 0 atom stereocenters. The molecule has 0 saturated heterocycles. The van der Waals surface area contributed by atoms with Crippen molar-refractivity contribution in [1.29, 1.82) is 0 Å². The van der Waals surface area contributed by atoms with Crippen molar-refractivity contribution in [2.45, 2.75) is 17.0 Å². The fourth-order valence-corrected chi connectivity index (χ4v) is 3.82. The number of rotatable bonds is 6. The first-order chi connectivity index (χ1) is 15.0. The third-order valence-electron chi connectivity index (χ3n) is 4.36. The summed E-state index contributed by atoms with van der Waals surface area (Å²) >= 11 is 2.35. The fourth-order valence-electron chi connectivity index (χ4n) is 2.70. The number of anilines is 3. The van der Waals surface area contributed by atoms with Crippen LogP contribution in [0.4, 0.5) is 30.4 Å². The van der Waals surface area contributed by atoms with E-state index in [0.29, 0.717) is 26.6 Å². The van der Waals surface area contributed by atoms with Crippen LogP contribution in [0.1, 0.15) is 5.56 Å². The minimum atomic E-state index is -0.854. The van der Waals surface area contributed by atoms with E-state index in [1.165, 1.54) is 36.4 Å². The minimum Gasteiger partial charge on any atom is -0.333 e. The number of benzene rings is 2. The summed E-state index contributed by atoms with van der Waals surface area (Å²) in [7, 11) is 0. The van der Waals surface area contributed by atoms with E-state index >= 15 is 4.39 Å². The molecule has 0 unspecified atom stereocenters. The van der Waals surface area contributed by atoms with E-state index < -0.39 is 17.3 Å². The van der Waals surface area contributed by atoms with Crippen LogP contribution in [0.25, 0.3) is 11.0 Å². The Kier molecular flexibility index (Phi) is 6.14. The standard InChI is InChI=1S/C20H15F3N6S2/c1-10-11(21)4-3-5-15(10)31-29-13-7-6-12(22)17(16(13)23)27-19-18-14(25-9-26-19)8-24-20(28-18)30-2/h3-9,29H,1-2H3,(H,25,26,27). The third kappa shape index (κ3) is 4.37. The smallest absolute Gasteiger partial charge is 0.188 e. The maximum atomic E-state index is 15.1. The molecule has 6 nitrogen and oxygen atoms in total. The first-order valence-corrected chi connectivity index (χ1v) is 11.0. The van der Waals surface area contributed by atoms with Gasteiger partial charge in [0.15, 0.2) is 16.8 Å². The summed E-state index contributed by atoms with van der Waals surface area (Å²) in [4.78, 5) is 17.2. The molecule has 2 aromatic heterocycles. The van der Waals surface area contributed by atoms with Gasteiger partial charge in [-0.3, -0.25) is 0 Å². The van der Waals surface area contributed by atoms with Gasteiger partial charge in [-0.05, 0) is 49.4 Å². The zero-order chi connectivity index (χ0) is 22.0. The quantitative estimate of drug-likeness (QED) is 0.215. The average molecular weight is 461 g/mol. The molecule has 0 spiro atoms. The Hall–Kier alpha value is -3.05. The van der Waals surface area contributed by atoms with E-state index in [2.05, 4.69) is 30.0 Å². The van der Waals surface area contributed by atoms with Crippen molar-refractivity contribution in [1.82, 2.24) is 19.9 Å². The minimum absolute atomic E-state index is 0.0235. The number of aromatic nitrogens is 4. The highest BCUT2D eigenvalue weighted by molar-refractivity contribution is 8.00. The summed E-state index contributed by atoms with van der Waals surface area (Å²) < 4.78 is 46.1. The molecule has 0 radical (unpaired) electrons. The molecule has 2 aromatic carbocycles. The van der Waals surface area contributed by atoms with Crippen molar-refractivity contribution >= 4 is 51.9 Å². The molecular weight excluding hydrogens is 445 g/mol. The SMILES string of the molecule is CSc1ncc2ncnc(Nc3c(F)ccc(NSc4cccc(F)c4C)c3F)c2n1. The number of nitrogens with zero attached hydrogens (tertiary/aromatic N) is 4. The van der Waals surface area contributed by atoms with Crippen LogP contribution >= 0.6 is 23.7 Å². The second kappa shape index (κ2) is 8.98. The van der Waals surface area contributed by atoms with E-state index in [9.17, 15) is 8.78 Å². The first-order valence-electron chi connectivity index (χ1n) is 8.92. The lowest BCUT2D eigenvalue weighted by Crippen LogP contribution is -2.04. The normalized spacial score (nSPS) is 11.0. The second-order valence-corrected chi connectivity index (χ2v) is 7.91. The molecule has 2 N–H and O–H groups in total. The first kappa shape index (κ1) is 21.2. The Labute approximate surface area is 184 Å². The van der Waals surface area contributed by atoms with Crippen molar-refractivity contribution in [2.24, 2.45) is 0 Å². The second-order valence-electron chi connectivity index (χ2n) is 6.29. The summed E-state index contributed by atoms with van der Waals surface area (Å²) in [6.45, 7) is 1.62.